The minimum atomic E-state index is 0.824. The molecule has 0 saturated carbocycles. The van der Waals surface area contributed by atoms with Crippen molar-refractivity contribution in [3.8, 4) is 0 Å². The summed E-state index contributed by atoms with van der Waals surface area (Å²) in [6.45, 7) is 3.18. The average molecular weight is 267 g/mol. The van der Waals surface area contributed by atoms with Gasteiger partial charge in [0.15, 0.2) is 0 Å². The number of fused-ring (bicyclic) bond motifs is 1. The molecule has 1 aliphatic heterocycles. The Morgan fingerprint density at radius 1 is 1.17 bits per heavy atom. The van der Waals surface area contributed by atoms with Crippen LogP contribution in [0.25, 0.3) is 0 Å². The number of rotatable bonds is 6. The molecule has 0 spiro atoms. The van der Waals surface area contributed by atoms with Crippen LogP contribution in [0.4, 0.5) is 5.69 Å². The monoisotopic (exact) mass is 266 g/mol. The van der Waals surface area contributed by atoms with E-state index in [2.05, 4.69) is 17.0 Å². The van der Waals surface area contributed by atoms with E-state index in [1.807, 2.05) is 6.07 Å². The van der Waals surface area contributed by atoms with Crippen molar-refractivity contribution in [1.82, 2.24) is 0 Å². The van der Waals surface area contributed by atoms with Crippen molar-refractivity contribution in [1.29, 1.82) is 0 Å². The predicted octanol–water partition coefficient (Wildman–Crippen LogP) is 3.61. The van der Waals surface area contributed by atoms with Gasteiger partial charge in [-0.3, -0.25) is 0 Å². The summed E-state index contributed by atoms with van der Waals surface area (Å²) in [6.07, 6.45) is 7.39. The molecule has 1 aliphatic rings. The third-order valence-corrected chi connectivity index (χ3v) is 3.87. The lowest BCUT2D eigenvalue weighted by molar-refractivity contribution is 0.610. The maximum atomic E-state index is 6.06. The summed E-state index contributed by atoms with van der Waals surface area (Å²) in [5, 5.41) is 0.860. The fraction of sp³-hybridized carbons (Fsp3) is 0.600. The number of unbranched alkanes of at least 4 members (excludes halogenated alkanes) is 3. The Labute approximate surface area is 115 Å². The molecule has 2 rings (SSSR count). The number of hydrogen-bond acceptors (Lipinski definition) is 2. The average Bonchev–Trinajstić information content (AvgIpc) is 2.38. The summed E-state index contributed by atoms with van der Waals surface area (Å²) in [5.74, 6) is 0. The highest BCUT2D eigenvalue weighted by Crippen LogP contribution is 2.29. The molecule has 0 unspecified atom stereocenters. The van der Waals surface area contributed by atoms with Gasteiger partial charge in [-0.15, -0.1) is 0 Å². The lowest BCUT2D eigenvalue weighted by Gasteiger charge is -2.31. The zero-order chi connectivity index (χ0) is 12.8. The van der Waals surface area contributed by atoms with E-state index in [0.29, 0.717) is 0 Å². The molecule has 3 heteroatoms. The summed E-state index contributed by atoms with van der Waals surface area (Å²) >= 11 is 6.06. The second-order valence-electron chi connectivity index (χ2n) is 5.07. The van der Waals surface area contributed by atoms with Crippen LogP contribution in [0.5, 0.6) is 0 Å². The molecule has 2 nitrogen and oxygen atoms in total. The lowest BCUT2D eigenvalue weighted by atomic mass is 10.0. The van der Waals surface area contributed by atoms with Gasteiger partial charge in [-0.25, -0.2) is 0 Å². The van der Waals surface area contributed by atoms with E-state index in [9.17, 15) is 0 Å². The van der Waals surface area contributed by atoms with Gasteiger partial charge < -0.3 is 10.6 Å². The van der Waals surface area contributed by atoms with Crippen LogP contribution < -0.4 is 10.6 Å². The van der Waals surface area contributed by atoms with Gasteiger partial charge in [0.25, 0.3) is 0 Å². The van der Waals surface area contributed by atoms with Crippen LogP contribution in [0.1, 0.15) is 37.7 Å². The minimum Gasteiger partial charge on any atom is -0.371 e. The van der Waals surface area contributed by atoms with Crippen LogP contribution in [0.15, 0.2) is 18.2 Å². The van der Waals surface area contributed by atoms with Gasteiger partial charge in [-0.1, -0.05) is 24.4 Å². The quantitative estimate of drug-likeness (QED) is 0.797. The Balaban J connectivity index is 1.88. The molecule has 0 bridgehead atoms. The second-order valence-corrected chi connectivity index (χ2v) is 5.50. The van der Waals surface area contributed by atoms with E-state index in [1.54, 1.807) is 0 Å². The van der Waals surface area contributed by atoms with Crippen molar-refractivity contribution in [3.63, 3.8) is 0 Å². The first-order chi connectivity index (χ1) is 8.81. The summed E-state index contributed by atoms with van der Waals surface area (Å²) < 4.78 is 0. The molecule has 0 aromatic heterocycles. The number of benzene rings is 1. The molecule has 0 radical (unpaired) electrons. The highest BCUT2D eigenvalue weighted by Gasteiger charge is 2.16. The highest BCUT2D eigenvalue weighted by molar-refractivity contribution is 6.30. The van der Waals surface area contributed by atoms with Gasteiger partial charge in [0.2, 0.25) is 0 Å². The van der Waals surface area contributed by atoms with Crippen LogP contribution in [0.3, 0.4) is 0 Å². The largest absolute Gasteiger partial charge is 0.371 e. The molecule has 2 N–H and O–H groups in total. The topological polar surface area (TPSA) is 29.3 Å². The van der Waals surface area contributed by atoms with Gasteiger partial charge in [-0.05, 0) is 56.0 Å². The summed E-state index contributed by atoms with van der Waals surface area (Å²) in [5.41, 5.74) is 8.31. The van der Waals surface area contributed by atoms with Crippen LogP contribution in [-0.4, -0.2) is 19.6 Å². The molecule has 0 atom stereocenters. The SMILES string of the molecule is NCCCCCCN1CCCc2cc(Cl)ccc21. The van der Waals surface area contributed by atoms with Crippen molar-refractivity contribution in [2.45, 2.75) is 38.5 Å². The number of halogens is 1. The molecule has 100 valence electrons. The first-order valence-corrected chi connectivity index (χ1v) is 7.42. The third-order valence-electron chi connectivity index (χ3n) is 3.64. The molecular weight excluding hydrogens is 244 g/mol. The van der Waals surface area contributed by atoms with Crippen molar-refractivity contribution < 1.29 is 0 Å². The van der Waals surface area contributed by atoms with Gasteiger partial charge in [0.05, 0.1) is 0 Å². The second kappa shape index (κ2) is 7.01. The molecule has 18 heavy (non-hydrogen) atoms. The van der Waals surface area contributed by atoms with Crippen molar-refractivity contribution >= 4 is 17.3 Å². The zero-order valence-electron chi connectivity index (χ0n) is 11.0. The smallest absolute Gasteiger partial charge is 0.0410 e. The Kier molecular flexibility index (Phi) is 5.33. The van der Waals surface area contributed by atoms with Crippen molar-refractivity contribution in [3.05, 3.63) is 28.8 Å². The molecule has 0 aliphatic carbocycles. The number of aryl methyl sites for hydroxylation is 1. The number of hydrogen-bond donors (Lipinski definition) is 1. The Morgan fingerprint density at radius 2 is 2.00 bits per heavy atom. The molecule has 0 saturated heterocycles. The van der Waals surface area contributed by atoms with E-state index in [-0.39, 0.29) is 0 Å². The predicted molar refractivity (Wildman–Crippen MR) is 79.5 cm³/mol. The van der Waals surface area contributed by atoms with Gasteiger partial charge in [-0.2, -0.15) is 0 Å². The third kappa shape index (κ3) is 3.63. The molecule has 1 aromatic carbocycles. The van der Waals surface area contributed by atoms with Crippen molar-refractivity contribution in [2.24, 2.45) is 5.73 Å². The van der Waals surface area contributed by atoms with Gasteiger partial charge >= 0.3 is 0 Å². The zero-order valence-corrected chi connectivity index (χ0v) is 11.8. The lowest BCUT2D eigenvalue weighted by Crippen LogP contribution is -2.30. The standard InChI is InChI=1S/C15H23ClN2/c16-14-7-8-15-13(12-14)6-5-11-18(15)10-4-2-1-3-9-17/h7-8,12H,1-6,9-11,17H2. The molecule has 0 fully saturated rings. The highest BCUT2D eigenvalue weighted by atomic mass is 35.5. The van der Waals surface area contributed by atoms with Crippen LogP contribution in [0.2, 0.25) is 5.02 Å². The fourth-order valence-corrected chi connectivity index (χ4v) is 2.87. The Morgan fingerprint density at radius 3 is 2.83 bits per heavy atom. The maximum Gasteiger partial charge on any atom is 0.0410 e. The molecule has 0 amide bonds. The summed E-state index contributed by atoms with van der Waals surface area (Å²) in [7, 11) is 0. The summed E-state index contributed by atoms with van der Waals surface area (Å²) in [6, 6.07) is 6.31. The Hall–Kier alpha value is -0.730. The fourth-order valence-electron chi connectivity index (χ4n) is 2.68. The van der Waals surface area contributed by atoms with E-state index in [1.165, 1.54) is 56.4 Å². The van der Waals surface area contributed by atoms with Gasteiger partial charge in [0, 0.05) is 23.8 Å². The number of nitrogens with zero attached hydrogens (tertiary/aromatic N) is 1. The van der Waals surface area contributed by atoms with E-state index in [0.717, 1.165) is 18.0 Å². The summed E-state index contributed by atoms with van der Waals surface area (Å²) in [4.78, 5) is 2.51. The van der Waals surface area contributed by atoms with Crippen LogP contribution in [0, 0.1) is 0 Å². The van der Waals surface area contributed by atoms with Gasteiger partial charge in [0.1, 0.15) is 0 Å². The first-order valence-electron chi connectivity index (χ1n) is 7.04. The van der Waals surface area contributed by atoms with E-state index >= 15 is 0 Å². The normalized spacial score (nSPS) is 14.7. The van der Waals surface area contributed by atoms with Crippen LogP contribution in [-0.2, 0) is 6.42 Å². The number of anilines is 1. The van der Waals surface area contributed by atoms with E-state index < -0.39 is 0 Å². The van der Waals surface area contributed by atoms with Crippen molar-refractivity contribution in [2.75, 3.05) is 24.5 Å². The van der Waals surface area contributed by atoms with Crippen LogP contribution >= 0.6 is 11.6 Å². The minimum absolute atomic E-state index is 0.824. The first kappa shape index (κ1) is 13.7. The maximum absolute atomic E-state index is 6.06. The van der Waals surface area contributed by atoms with E-state index in [4.69, 9.17) is 17.3 Å². The molecule has 1 aromatic rings. The molecular formula is C15H23ClN2. The number of nitrogens with two attached hydrogens (primary N) is 1. The Bertz CT molecular complexity index is 379. The molecule has 1 heterocycles.